The van der Waals surface area contributed by atoms with Gasteiger partial charge in [0.05, 0.1) is 6.04 Å². The summed E-state index contributed by atoms with van der Waals surface area (Å²) in [6.07, 6.45) is 8.53. The smallest absolute Gasteiger partial charge is 0.263 e. The molecule has 0 bridgehead atoms. The molecule has 2 heterocycles. The number of aromatic amines is 2. The van der Waals surface area contributed by atoms with Gasteiger partial charge in [0.2, 0.25) is 0 Å². The molecule has 2 aromatic heterocycles. The Morgan fingerprint density at radius 1 is 1.21 bits per heavy atom. The summed E-state index contributed by atoms with van der Waals surface area (Å²) in [7, 11) is 0. The summed E-state index contributed by atoms with van der Waals surface area (Å²) in [5, 5.41) is 2.95. The van der Waals surface area contributed by atoms with E-state index >= 15 is 0 Å². The topological polar surface area (TPSA) is 104 Å². The van der Waals surface area contributed by atoms with Crippen molar-refractivity contribution in [2.45, 2.75) is 51.0 Å². The van der Waals surface area contributed by atoms with Crippen LogP contribution in [0.5, 0.6) is 0 Å². The molecule has 2 aliphatic rings. The second-order valence-electron chi connectivity index (χ2n) is 6.88. The standard InChI is InChI=1S/C17H21N5O2/c1-9-7-18-15(20-9)13(10-5-6-10)21-16(23)12-8-19-14(22-17(12)24)11-3-2-4-11/h7-8,10-11,13H,2-6H2,1H3,(H,18,20)(H,21,23)(H,19,22,24). The summed E-state index contributed by atoms with van der Waals surface area (Å²) >= 11 is 0. The van der Waals surface area contributed by atoms with Crippen LogP contribution in [0.4, 0.5) is 0 Å². The predicted molar refractivity (Wildman–Crippen MR) is 87.7 cm³/mol. The molecule has 0 radical (unpaired) electrons. The number of H-pyrrole nitrogens is 2. The van der Waals surface area contributed by atoms with E-state index in [0.29, 0.717) is 17.7 Å². The van der Waals surface area contributed by atoms with Gasteiger partial charge in [0.15, 0.2) is 0 Å². The Morgan fingerprint density at radius 2 is 2.00 bits per heavy atom. The molecule has 0 aromatic carbocycles. The number of aryl methyl sites for hydroxylation is 1. The van der Waals surface area contributed by atoms with Crippen LogP contribution in [0.2, 0.25) is 0 Å². The molecular formula is C17H21N5O2. The second kappa shape index (κ2) is 5.89. The summed E-state index contributed by atoms with van der Waals surface area (Å²) in [5.41, 5.74) is 0.649. The van der Waals surface area contributed by atoms with Crippen molar-refractivity contribution < 1.29 is 4.79 Å². The lowest BCUT2D eigenvalue weighted by molar-refractivity contribution is 0.0927. The van der Waals surface area contributed by atoms with Crippen LogP contribution in [0.1, 0.15) is 71.8 Å². The van der Waals surface area contributed by atoms with Crippen LogP contribution in [0.3, 0.4) is 0 Å². The predicted octanol–water partition coefficient (Wildman–Crippen LogP) is 1.95. The molecular weight excluding hydrogens is 306 g/mol. The van der Waals surface area contributed by atoms with Crippen molar-refractivity contribution in [1.82, 2.24) is 25.3 Å². The van der Waals surface area contributed by atoms with Gasteiger partial charge in [-0.15, -0.1) is 0 Å². The highest BCUT2D eigenvalue weighted by atomic mass is 16.2. The maximum absolute atomic E-state index is 12.5. The Kier molecular flexibility index (Phi) is 3.70. The van der Waals surface area contributed by atoms with Crippen LogP contribution in [0, 0.1) is 12.8 Å². The first kappa shape index (κ1) is 15.1. The molecule has 2 aliphatic carbocycles. The largest absolute Gasteiger partial charge is 0.344 e. The Hall–Kier alpha value is -2.44. The van der Waals surface area contributed by atoms with Gasteiger partial charge in [0.25, 0.3) is 11.5 Å². The zero-order chi connectivity index (χ0) is 16.7. The van der Waals surface area contributed by atoms with Crippen LogP contribution in [-0.4, -0.2) is 25.8 Å². The molecule has 0 aliphatic heterocycles. The van der Waals surface area contributed by atoms with Crippen LogP contribution >= 0.6 is 0 Å². The van der Waals surface area contributed by atoms with Crippen molar-refractivity contribution in [2.75, 3.05) is 0 Å². The molecule has 0 spiro atoms. The van der Waals surface area contributed by atoms with Gasteiger partial charge < -0.3 is 15.3 Å². The van der Waals surface area contributed by atoms with Crippen molar-refractivity contribution in [1.29, 1.82) is 0 Å². The first-order valence-electron chi connectivity index (χ1n) is 8.53. The molecule has 1 atom stereocenters. The molecule has 3 N–H and O–H groups in total. The molecule has 2 saturated carbocycles. The molecule has 2 aromatic rings. The molecule has 1 amide bonds. The Morgan fingerprint density at radius 3 is 2.54 bits per heavy atom. The first-order chi connectivity index (χ1) is 11.6. The van der Waals surface area contributed by atoms with Gasteiger partial charge in [-0.05, 0) is 38.5 Å². The third-order valence-electron chi connectivity index (χ3n) is 4.95. The number of amides is 1. The van der Waals surface area contributed by atoms with E-state index < -0.39 is 5.91 Å². The quantitative estimate of drug-likeness (QED) is 0.781. The molecule has 126 valence electrons. The van der Waals surface area contributed by atoms with Crippen molar-refractivity contribution in [3.05, 3.63) is 45.7 Å². The van der Waals surface area contributed by atoms with Gasteiger partial charge in [0.1, 0.15) is 17.2 Å². The summed E-state index contributed by atoms with van der Waals surface area (Å²) in [6, 6.07) is -0.183. The number of hydrogen-bond donors (Lipinski definition) is 3. The van der Waals surface area contributed by atoms with E-state index in [1.165, 1.54) is 12.6 Å². The van der Waals surface area contributed by atoms with Crippen molar-refractivity contribution in [2.24, 2.45) is 5.92 Å². The molecule has 7 heteroatoms. The number of nitrogens with one attached hydrogen (secondary N) is 3. The van der Waals surface area contributed by atoms with E-state index in [1.54, 1.807) is 6.20 Å². The van der Waals surface area contributed by atoms with E-state index in [-0.39, 0.29) is 17.2 Å². The van der Waals surface area contributed by atoms with Gasteiger partial charge in [0, 0.05) is 24.0 Å². The van der Waals surface area contributed by atoms with Crippen molar-refractivity contribution >= 4 is 5.91 Å². The minimum atomic E-state index is -0.394. The highest BCUT2D eigenvalue weighted by Crippen LogP contribution is 2.40. The summed E-state index contributed by atoms with van der Waals surface area (Å²) in [4.78, 5) is 39.4. The van der Waals surface area contributed by atoms with Crippen molar-refractivity contribution in [3.8, 4) is 0 Å². The molecule has 24 heavy (non-hydrogen) atoms. The third-order valence-corrected chi connectivity index (χ3v) is 4.95. The maximum atomic E-state index is 12.5. The number of carbonyl (C=O) groups excluding carboxylic acids is 1. The molecule has 2 fully saturated rings. The molecule has 7 nitrogen and oxygen atoms in total. The molecule has 0 saturated heterocycles. The number of nitrogens with zero attached hydrogens (tertiary/aromatic N) is 2. The Labute approximate surface area is 139 Å². The fourth-order valence-corrected chi connectivity index (χ4v) is 3.11. The van der Waals surface area contributed by atoms with Gasteiger partial charge in [-0.2, -0.15) is 0 Å². The van der Waals surface area contributed by atoms with E-state index in [1.807, 2.05) is 6.92 Å². The van der Waals surface area contributed by atoms with E-state index in [4.69, 9.17) is 0 Å². The lowest BCUT2D eigenvalue weighted by Gasteiger charge is -2.24. The fourth-order valence-electron chi connectivity index (χ4n) is 3.11. The fraction of sp³-hybridized carbons (Fsp3) is 0.529. The highest BCUT2D eigenvalue weighted by molar-refractivity contribution is 5.93. The van der Waals surface area contributed by atoms with Crippen LogP contribution in [0.25, 0.3) is 0 Å². The zero-order valence-corrected chi connectivity index (χ0v) is 13.6. The normalized spacial score (nSPS) is 18.9. The summed E-state index contributed by atoms with van der Waals surface area (Å²) in [5.74, 6) is 1.76. The van der Waals surface area contributed by atoms with Crippen LogP contribution in [-0.2, 0) is 0 Å². The average molecular weight is 327 g/mol. The first-order valence-corrected chi connectivity index (χ1v) is 8.53. The molecule has 4 rings (SSSR count). The number of rotatable bonds is 5. The Balaban J connectivity index is 1.53. The van der Waals surface area contributed by atoms with E-state index in [2.05, 4.69) is 25.3 Å². The van der Waals surface area contributed by atoms with Gasteiger partial charge in [-0.1, -0.05) is 6.42 Å². The average Bonchev–Trinajstić information content (AvgIpc) is 3.24. The monoisotopic (exact) mass is 327 g/mol. The molecule has 1 unspecified atom stereocenters. The number of imidazole rings is 1. The number of hydrogen-bond acceptors (Lipinski definition) is 4. The maximum Gasteiger partial charge on any atom is 0.263 e. The van der Waals surface area contributed by atoms with Crippen LogP contribution < -0.4 is 10.9 Å². The highest BCUT2D eigenvalue weighted by Gasteiger charge is 2.35. The minimum Gasteiger partial charge on any atom is -0.344 e. The lowest BCUT2D eigenvalue weighted by atomic mass is 9.85. The van der Waals surface area contributed by atoms with E-state index in [9.17, 15) is 9.59 Å². The number of carbonyl (C=O) groups is 1. The van der Waals surface area contributed by atoms with Gasteiger partial charge in [-0.3, -0.25) is 9.59 Å². The zero-order valence-electron chi connectivity index (χ0n) is 13.6. The van der Waals surface area contributed by atoms with Gasteiger partial charge in [-0.25, -0.2) is 9.97 Å². The second-order valence-corrected chi connectivity index (χ2v) is 6.88. The summed E-state index contributed by atoms with van der Waals surface area (Å²) < 4.78 is 0. The lowest BCUT2D eigenvalue weighted by Crippen LogP contribution is -2.35. The SMILES string of the molecule is Cc1cnc(C(NC(=O)c2cnc(C3CCC3)[nH]c2=O)C2CC2)[nH]1. The third kappa shape index (κ3) is 2.86. The van der Waals surface area contributed by atoms with Gasteiger partial charge >= 0.3 is 0 Å². The van der Waals surface area contributed by atoms with Crippen LogP contribution in [0.15, 0.2) is 17.2 Å². The summed E-state index contributed by atoms with van der Waals surface area (Å²) in [6.45, 7) is 1.93. The minimum absolute atomic E-state index is 0.0620. The Bertz CT molecular complexity index is 816. The number of aromatic nitrogens is 4. The van der Waals surface area contributed by atoms with E-state index in [0.717, 1.165) is 37.2 Å². The van der Waals surface area contributed by atoms with Crippen molar-refractivity contribution in [3.63, 3.8) is 0 Å².